The van der Waals surface area contributed by atoms with Crippen molar-refractivity contribution in [1.29, 1.82) is 0 Å². The SMILES string of the molecule is CC(=O)C(=[NH2+])c1ccccc1NCC(=O)N1CCC[C@H]1C(=O)NC1CCCC(OC(F)(F)F)C1. The lowest BCUT2D eigenvalue weighted by Gasteiger charge is -2.32. The number of nitrogens with zero attached hydrogens (tertiary/aromatic N) is 1. The summed E-state index contributed by atoms with van der Waals surface area (Å²) < 4.78 is 41.7. The smallest absolute Gasteiger partial charge is 0.375 e. The summed E-state index contributed by atoms with van der Waals surface area (Å²) in [5, 5.41) is 11.7. The molecule has 1 aliphatic heterocycles. The number of halogens is 3. The quantitative estimate of drug-likeness (QED) is 0.481. The Labute approximate surface area is 195 Å². The van der Waals surface area contributed by atoms with E-state index in [4.69, 9.17) is 5.41 Å². The predicted molar refractivity (Wildman–Crippen MR) is 118 cm³/mol. The first-order valence-corrected chi connectivity index (χ1v) is 11.4. The Balaban J connectivity index is 1.57. The van der Waals surface area contributed by atoms with Gasteiger partial charge in [-0.25, -0.2) is 0 Å². The highest BCUT2D eigenvalue weighted by Crippen LogP contribution is 2.28. The van der Waals surface area contributed by atoms with Crippen molar-refractivity contribution in [2.45, 2.75) is 70.0 Å². The lowest BCUT2D eigenvalue weighted by Crippen LogP contribution is -2.51. The Morgan fingerprint density at radius 3 is 2.59 bits per heavy atom. The van der Waals surface area contributed by atoms with Gasteiger partial charge in [0.15, 0.2) is 0 Å². The molecule has 3 atom stereocenters. The fourth-order valence-electron chi connectivity index (χ4n) is 4.54. The molecule has 0 spiro atoms. The molecule has 1 saturated carbocycles. The van der Waals surface area contributed by atoms with Gasteiger partial charge in [0.25, 0.3) is 0 Å². The fraction of sp³-hybridized carbons (Fsp3) is 0.565. The molecular formula is C23H30F3N4O4+. The van der Waals surface area contributed by atoms with Gasteiger partial charge >= 0.3 is 6.36 Å². The normalized spacial score (nSPS) is 22.8. The van der Waals surface area contributed by atoms with Gasteiger partial charge in [0.05, 0.1) is 18.2 Å². The van der Waals surface area contributed by atoms with Crippen molar-refractivity contribution in [1.82, 2.24) is 10.2 Å². The van der Waals surface area contributed by atoms with Gasteiger partial charge in [0, 0.05) is 25.2 Å². The van der Waals surface area contributed by atoms with E-state index >= 15 is 0 Å². The van der Waals surface area contributed by atoms with Crippen LogP contribution in [0, 0.1) is 0 Å². The Kier molecular flexibility index (Phi) is 8.29. The van der Waals surface area contributed by atoms with Crippen molar-refractivity contribution in [3.05, 3.63) is 29.8 Å². The summed E-state index contributed by atoms with van der Waals surface area (Å²) in [5.41, 5.74) is 1.10. The molecule has 1 aromatic carbocycles. The second-order valence-corrected chi connectivity index (χ2v) is 8.67. The Morgan fingerprint density at radius 1 is 1.15 bits per heavy atom. The monoisotopic (exact) mass is 483 g/mol. The van der Waals surface area contributed by atoms with Crippen LogP contribution in [0.2, 0.25) is 0 Å². The van der Waals surface area contributed by atoms with Gasteiger partial charge < -0.3 is 15.5 Å². The highest BCUT2D eigenvalue weighted by molar-refractivity contribution is 6.43. The standard InChI is InChI=1S/C23H29F3N4O4/c1-14(31)21(27)17-8-2-3-9-18(17)28-13-20(32)30-11-5-10-19(30)22(33)29-15-6-4-7-16(12-15)34-23(24,25)26/h2-3,8-9,15-16,19,27-28H,4-7,10-13H2,1H3,(H,29,33)/p+1/t15?,16?,19-/m0/s1. The van der Waals surface area contributed by atoms with E-state index in [9.17, 15) is 27.6 Å². The zero-order chi connectivity index (χ0) is 24.9. The largest absolute Gasteiger partial charge is 0.522 e. The molecule has 2 aliphatic rings. The number of ether oxygens (including phenoxy) is 1. The van der Waals surface area contributed by atoms with Gasteiger partial charge in [-0.05, 0) is 50.7 Å². The minimum Gasteiger partial charge on any atom is -0.375 e. The summed E-state index contributed by atoms with van der Waals surface area (Å²) in [7, 11) is 0. The highest BCUT2D eigenvalue weighted by atomic mass is 19.4. The average molecular weight is 484 g/mol. The molecule has 1 heterocycles. The van der Waals surface area contributed by atoms with Crippen molar-refractivity contribution in [3.8, 4) is 0 Å². The van der Waals surface area contributed by atoms with Crippen molar-refractivity contribution >= 4 is 29.0 Å². The molecule has 1 aromatic rings. The molecule has 2 unspecified atom stereocenters. The van der Waals surface area contributed by atoms with Gasteiger partial charge in [-0.3, -0.25) is 24.5 Å². The van der Waals surface area contributed by atoms with Crippen molar-refractivity contribution in [2.24, 2.45) is 0 Å². The number of Topliss-reactive ketones (excluding diaryl/α,β-unsaturated/α-hetero) is 1. The molecule has 186 valence electrons. The summed E-state index contributed by atoms with van der Waals surface area (Å²) in [5.74, 6) is -0.948. The van der Waals surface area contributed by atoms with Gasteiger partial charge in [0.1, 0.15) is 6.04 Å². The lowest BCUT2D eigenvalue weighted by molar-refractivity contribution is -0.345. The maximum atomic E-state index is 12.9. The number of anilines is 1. The topological polar surface area (TPSA) is 113 Å². The average Bonchev–Trinajstić information content (AvgIpc) is 3.26. The Bertz CT molecular complexity index is 937. The van der Waals surface area contributed by atoms with Crippen LogP contribution < -0.4 is 16.0 Å². The number of carbonyl (C=O) groups is 3. The number of alkyl halides is 3. The second kappa shape index (κ2) is 11.0. The first kappa shape index (κ1) is 25.7. The fourth-order valence-corrected chi connectivity index (χ4v) is 4.54. The molecule has 0 bridgehead atoms. The third-order valence-corrected chi connectivity index (χ3v) is 6.18. The van der Waals surface area contributed by atoms with Crippen molar-refractivity contribution in [3.63, 3.8) is 0 Å². The molecule has 34 heavy (non-hydrogen) atoms. The first-order chi connectivity index (χ1) is 16.0. The number of likely N-dealkylation sites (tertiary alicyclic amines) is 1. The number of rotatable bonds is 8. The first-order valence-electron chi connectivity index (χ1n) is 11.4. The van der Waals surface area contributed by atoms with Crippen LogP contribution in [0.15, 0.2) is 24.3 Å². The van der Waals surface area contributed by atoms with E-state index < -0.39 is 24.6 Å². The van der Waals surface area contributed by atoms with Gasteiger partial charge in [-0.1, -0.05) is 12.1 Å². The molecule has 3 rings (SSSR count). The molecule has 8 nitrogen and oxygen atoms in total. The van der Waals surface area contributed by atoms with Crippen molar-refractivity contribution < 1.29 is 37.7 Å². The number of amides is 2. The van der Waals surface area contributed by atoms with E-state index in [1.165, 1.54) is 11.8 Å². The molecule has 11 heteroatoms. The zero-order valence-corrected chi connectivity index (χ0v) is 19.0. The van der Waals surface area contributed by atoms with Gasteiger partial charge in [0.2, 0.25) is 23.3 Å². The molecule has 4 N–H and O–H groups in total. The summed E-state index contributed by atoms with van der Waals surface area (Å²) in [6, 6.07) is 5.75. The van der Waals surface area contributed by atoms with E-state index in [1.807, 2.05) is 0 Å². The number of benzene rings is 1. The lowest BCUT2D eigenvalue weighted by atomic mass is 9.92. The van der Waals surface area contributed by atoms with E-state index in [0.717, 1.165) is 0 Å². The molecule has 0 aromatic heterocycles. The predicted octanol–water partition coefficient (Wildman–Crippen LogP) is 1.19. The van der Waals surface area contributed by atoms with Crippen LogP contribution in [-0.4, -0.2) is 65.8 Å². The summed E-state index contributed by atoms with van der Waals surface area (Å²) in [4.78, 5) is 38.9. The van der Waals surface area contributed by atoms with E-state index in [0.29, 0.717) is 49.9 Å². The zero-order valence-electron chi connectivity index (χ0n) is 19.0. The van der Waals surface area contributed by atoms with Gasteiger partial charge in [-0.2, -0.15) is 0 Å². The molecule has 2 fully saturated rings. The van der Waals surface area contributed by atoms with E-state index in [-0.39, 0.29) is 36.3 Å². The van der Waals surface area contributed by atoms with Crippen LogP contribution in [0.25, 0.3) is 0 Å². The molecule has 0 radical (unpaired) electrons. The molecular weight excluding hydrogens is 453 g/mol. The Morgan fingerprint density at radius 2 is 1.88 bits per heavy atom. The van der Waals surface area contributed by atoms with Gasteiger partial charge in [-0.15, -0.1) is 13.2 Å². The maximum absolute atomic E-state index is 12.9. The minimum absolute atomic E-state index is 0.0780. The number of ketones is 1. The third-order valence-electron chi connectivity index (χ3n) is 6.18. The van der Waals surface area contributed by atoms with Crippen LogP contribution in [0.3, 0.4) is 0 Å². The van der Waals surface area contributed by atoms with Crippen LogP contribution >= 0.6 is 0 Å². The number of para-hydroxylation sites is 1. The summed E-state index contributed by atoms with van der Waals surface area (Å²) >= 11 is 0. The molecule has 1 aliphatic carbocycles. The van der Waals surface area contributed by atoms with E-state index in [1.54, 1.807) is 24.3 Å². The van der Waals surface area contributed by atoms with Crippen LogP contribution in [-0.2, 0) is 19.1 Å². The van der Waals surface area contributed by atoms with Crippen LogP contribution in [0.4, 0.5) is 18.9 Å². The number of carbonyl (C=O) groups excluding carboxylic acids is 3. The number of hydrogen-bond acceptors (Lipinski definition) is 5. The van der Waals surface area contributed by atoms with Crippen LogP contribution in [0.5, 0.6) is 0 Å². The number of hydrogen-bond donors (Lipinski definition) is 3. The highest BCUT2D eigenvalue weighted by Gasteiger charge is 2.38. The number of nitrogens with one attached hydrogen (secondary N) is 2. The second-order valence-electron chi connectivity index (χ2n) is 8.67. The molecule has 2 amide bonds. The Hall–Kier alpha value is -2.95. The van der Waals surface area contributed by atoms with Crippen molar-refractivity contribution in [2.75, 3.05) is 18.4 Å². The van der Waals surface area contributed by atoms with Crippen LogP contribution in [0.1, 0.15) is 51.0 Å². The summed E-state index contributed by atoms with van der Waals surface area (Å²) in [6.45, 7) is 1.66. The summed E-state index contributed by atoms with van der Waals surface area (Å²) in [6.07, 6.45) is -3.10. The number of nitrogens with two attached hydrogens (primary N) is 1. The maximum Gasteiger partial charge on any atom is 0.522 e. The molecule has 1 saturated heterocycles. The minimum atomic E-state index is -4.70. The van der Waals surface area contributed by atoms with E-state index in [2.05, 4.69) is 15.4 Å². The third kappa shape index (κ3) is 6.78.